The van der Waals surface area contributed by atoms with Gasteiger partial charge in [0, 0.05) is 11.6 Å². The molecule has 2 aliphatic heterocycles. The minimum atomic E-state index is -1.99. The van der Waals surface area contributed by atoms with Crippen LogP contribution in [0.3, 0.4) is 0 Å². The molecular weight excluding hydrogens is 612 g/mol. The standard InChI is InChI=1S/C27H30O18/c28-5-12-16(33)20(37)22(39)26(43-12)42-11-4-10-14(18(35)15(11)32)19(36)25(24(41-10)7-1-2-8(30)9(31)3-7)45-27-23(40)21(38)17(34)13(6-29)44-27/h1-4,12-13,16-17,20-23,26-35,37-40H,5-6H2/t12-,13-,16-,17-,20-,21-,22-,23-,26-,27-/m1/s1. The topological polar surface area (TPSA) is 310 Å². The Labute approximate surface area is 250 Å². The largest absolute Gasteiger partial charge is 0.504 e. The molecule has 3 heterocycles. The highest BCUT2D eigenvalue weighted by molar-refractivity contribution is 5.91. The molecule has 2 aromatic carbocycles. The van der Waals surface area contributed by atoms with Gasteiger partial charge in [-0.25, -0.2) is 0 Å². The number of aliphatic hydroxyl groups is 8. The maximum Gasteiger partial charge on any atom is 0.239 e. The maximum absolute atomic E-state index is 13.8. The first-order valence-corrected chi connectivity index (χ1v) is 13.3. The van der Waals surface area contributed by atoms with Crippen LogP contribution in [0.4, 0.5) is 0 Å². The third-order valence-electron chi connectivity index (χ3n) is 7.47. The second-order valence-electron chi connectivity index (χ2n) is 10.4. The summed E-state index contributed by atoms with van der Waals surface area (Å²) < 4.78 is 27.3. The number of phenolic OH excluding ortho intramolecular Hbond substituents is 4. The lowest BCUT2D eigenvalue weighted by Crippen LogP contribution is -2.60. The number of phenols is 4. The van der Waals surface area contributed by atoms with Gasteiger partial charge in [0.1, 0.15) is 59.8 Å². The van der Waals surface area contributed by atoms with Gasteiger partial charge < -0.3 is 84.6 Å². The van der Waals surface area contributed by atoms with Crippen molar-refractivity contribution in [1.82, 2.24) is 0 Å². The van der Waals surface area contributed by atoms with Gasteiger partial charge in [-0.1, -0.05) is 0 Å². The number of fused-ring (bicyclic) bond motifs is 1. The monoisotopic (exact) mass is 642 g/mol. The summed E-state index contributed by atoms with van der Waals surface area (Å²) in [6, 6.07) is 4.01. The molecule has 45 heavy (non-hydrogen) atoms. The highest BCUT2D eigenvalue weighted by Gasteiger charge is 2.46. The molecule has 0 spiro atoms. The van der Waals surface area contributed by atoms with Crippen molar-refractivity contribution in [3.8, 4) is 45.8 Å². The van der Waals surface area contributed by atoms with E-state index in [0.29, 0.717) is 0 Å². The fourth-order valence-electron chi connectivity index (χ4n) is 4.91. The number of aromatic hydroxyl groups is 4. The van der Waals surface area contributed by atoms with Gasteiger partial charge in [0.15, 0.2) is 28.8 Å². The van der Waals surface area contributed by atoms with Crippen molar-refractivity contribution in [3.63, 3.8) is 0 Å². The summed E-state index contributed by atoms with van der Waals surface area (Å²) in [5.41, 5.74) is -1.87. The average Bonchev–Trinajstić information content (AvgIpc) is 3.02. The van der Waals surface area contributed by atoms with E-state index in [1.165, 1.54) is 6.07 Å². The smallest absolute Gasteiger partial charge is 0.239 e. The van der Waals surface area contributed by atoms with E-state index in [1.807, 2.05) is 0 Å². The molecule has 0 radical (unpaired) electrons. The van der Waals surface area contributed by atoms with Gasteiger partial charge in [-0.2, -0.15) is 0 Å². The number of benzene rings is 2. The molecule has 18 nitrogen and oxygen atoms in total. The third kappa shape index (κ3) is 5.68. The van der Waals surface area contributed by atoms with Crippen molar-refractivity contribution in [2.45, 2.75) is 61.4 Å². The normalized spacial score (nSPS) is 32.0. The maximum atomic E-state index is 13.8. The lowest BCUT2D eigenvalue weighted by molar-refractivity contribution is -0.277. The predicted molar refractivity (Wildman–Crippen MR) is 143 cm³/mol. The molecule has 0 aliphatic carbocycles. The van der Waals surface area contributed by atoms with Crippen LogP contribution in [0.25, 0.3) is 22.3 Å². The van der Waals surface area contributed by atoms with Crippen molar-refractivity contribution >= 4 is 11.0 Å². The molecule has 246 valence electrons. The summed E-state index contributed by atoms with van der Waals surface area (Å²) >= 11 is 0. The SMILES string of the molecule is O=c1c(O[C@H]2O[C@H](CO)[C@@H](O)[C@@H](O)[C@H]2O)c(-c2ccc(O)c(O)c2)oc2cc(O[C@@H]3O[C@H](CO)[C@@H](O)[C@@H](O)[C@H]3O)c(O)c(O)c12. The Hall–Kier alpha value is -3.95. The molecule has 2 aliphatic rings. The fourth-order valence-corrected chi connectivity index (χ4v) is 4.91. The number of hydrogen-bond acceptors (Lipinski definition) is 18. The average molecular weight is 643 g/mol. The third-order valence-corrected chi connectivity index (χ3v) is 7.47. The Morgan fingerprint density at radius 1 is 0.667 bits per heavy atom. The van der Waals surface area contributed by atoms with Crippen LogP contribution in [0, 0.1) is 0 Å². The molecule has 0 unspecified atom stereocenters. The van der Waals surface area contributed by atoms with E-state index in [2.05, 4.69) is 0 Å². The molecule has 1 aromatic heterocycles. The van der Waals surface area contributed by atoms with Gasteiger partial charge in [0.2, 0.25) is 29.5 Å². The number of ether oxygens (including phenoxy) is 4. The summed E-state index contributed by atoms with van der Waals surface area (Å²) in [7, 11) is 0. The lowest BCUT2D eigenvalue weighted by Gasteiger charge is -2.39. The number of rotatable bonds is 7. The first-order valence-electron chi connectivity index (χ1n) is 13.3. The molecule has 18 heteroatoms. The van der Waals surface area contributed by atoms with E-state index in [4.69, 9.17) is 23.4 Å². The summed E-state index contributed by atoms with van der Waals surface area (Å²) in [5.74, 6) is -5.50. The highest BCUT2D eigenvalue weighted by Crippen LogP contribution is 2.45. The minimum Gasteiger partial charge on any atom is -0.504 e. The second-order valence-corrected chi connectivity index (χ2v) is 10.4. The van der Waals surface area contributed by atoms with Gasteiger partial charge >= 0.3 is 0 Å². The van der Waals surface area contributed by atoms with Crippen molar-refractivity contribution in [2.75, 3.05) is 13.2 Å². The van der Waals surface area contributed by atoms with Gasteiger partial charge in [-0.3, -0.25) is 4.79 Å². The van der Waals surface area contributed by atoms with Crippen LogP contribution in [0.1, 0.15) is 0 Å². The second kappa shape index (κ2) is 12.4. The molecule has 2 saturated heterocycles. The molecule has 5 rings (SSSR count). The molecule has 2 fully saturated rings. The quantitative estimate of drug-likeness (QED) is 0.112. The van der Waals surface area contributed by atoms with Crippen LogP contribution in [-0.4, -0.2) is 136 Å². The van der Waals surface area contributed by atoms with Crippen LogP contribution in [0.15, 0.2) is 33.5 Å². The van der Waals surface area contributed by atoms with Crippen molar-refractivity contribution in [2.24, 2.45) is 0 Å². The molecular formula is C27H30O18. The fraction of sp³-hybridized carbons (Fsp3) is 0.444. The minimum absolute atomic E-state index is 0.132. The van der Waals surface area contributed by atoms with Crippen LogP contribution < -0.4 is 14.9 Å². The Kier molecular flexibility index (Phi) is 8.97. The summed E-state index contributed by atoms with van der Waals surface area (Å²) in [6.07, 6.45) is -17.7. The molecule has 0 saturated carbocycles. The number of hydrogen-bond donors (Lipinski definition) is 12. The Bertz CT molecular complexity index is 1600. The number of aliphatic hydroxyl groups excluding tert-OH is 8. The van der Waals surface area contributed by atoms with E-state index in [-0.39, 0.29) is 5.56 Å². The van der Waals surface area contributed by atoms with E-state index in [9.17, 15) is 66.1 Å². The molecule has 0 amide bonds. The van der Waals surface area contributed by atoms with Crippen LogP contribution in [-0.2, 0) is 9.47 Å². The molecule has 12 N–H and O–H groups in total. The van der Waals surface area contributed by atoms with Gasteiger partial charge in [-0.15, -0.1) is 0 Å². The highest BCUT2D eigenvalue weighted by atomic mass is 16.7. The molecule has 0 bridgehead atoms. The Balaban J connectivity index is 1.64. The van der Waals surface area contributed by atoms with Gasteiger partial charge in [0.25, 0.3) is 0 Å². The summed E-state index contributed by atoms with van der Waals surface area (Å²) in [5, 5.41) is 121. The van der Waals surface area contributed by atoms with Crippen molar-refractivity contribution in [1.29, 1.82) is 0 Å². The van der Waals surface area contributed by atoms with Crippen LogP contribution >= 0.6 is 0 Å². The van der Waals surface area contributed by atoms with Crippen LogP contribution in [0.2, 0.25) is 0 Å². The molecule has 3 aromatic rings. The van der Waals surface area contributed by atoms with E-state index >= 15 is 0 Å². The first kappa shape index (κ1) is 32.4. The predicted octanol–water partition coefficient (Wildman–Crippen LogP) is -3.36. The first-order chi connectivity index (χ1) is 21.3. The summed E-state index contributed by atoms with van der Waals surface area (Å²) in [4.78, 5) is 13.8. The van der Waals surface area contributed by atoms with Crippen molar-refractivity contribution < 1.29 is 84.6 Å². The van der Waals surface area contributed by atoms with Crippen molar-refractivity contribution in [3.05, 3.63) is 34.5 Å². The Morgan fingerprint density at radius 3 is 1.76 bits per heavy atom. The molecule has 10 atom stereocenters. The lowest BCUT2D eigenvalue weighted by atomic mass is 9.99. The van der Waals surface area contributed by atoms with Gasteiger partial charge in [0.05, 0.1) is 13.2 Å². The van der Waals surface area contributed by atoms with Gasteiger partial charge in [-0.05, 0) is 18.2 Å². The van der Waals surface area contributed by atoms with E-state index in [1.54, 1.807) is 0 Å². The zero-order chi connectivity index (χ0) is 32.9. The zero-order valence-corrected chi connectivity index (χ0v) is 22.8. The van der Waals surface area contributed by atoms with Crippen LogP contribution in [0.5, 0.6) is 34.5 Å². The van der Waals surface area contributed by atoms with E-state index in [0.717, 1.165) is 18.2 Å². The van der Waals surface area contributed by atoms with E-state index < -0.39 is 131 Å². The summed E-state index contributed by atoms with van der Waals surface area (Å²) in [6.45, 7) is -1.63. The zero-order valence-electron chi connectivity index (χ0n) is 22.8. The Morgan fingerprint density at radius 2 is 1.22 bits per heavy atom.